The summed E-state index contributed by atoms with van der Waals surface area (Å²) in [5, 5.41) is 10.4. The molecule has 2 atom stereocenters. The van der Waals surface area contributed by atoms with Crippen LogP contribution in [0.15, 0.2) is 73.3 Å². The summed E-state index contributed by atoms with van der Waals surface area (Å²) in [7, 11) is 2.80. The Labute approximate surface area is 406 Å². The molecule has 2 aliphatic carbocycles. The van der Waals surface area contributed by atoms with Crippen molar-refractivity contribution >= 4 is 22.9 Å². The van der Waals surface area contributed by atoms with Gasteiger partial charge < -0.3 is 48.6 Å². The van der Waals surface area contributed by atoms with E-state index in [1.807, 2.05) is 0 Å². The number of hydrogen-bond donors (Lipinski definition) is 1. The van der Waals surface area contributed by atoms with Crippen molar-refractivity contribution in [3.8, 4) is 57.0 Å². The van der Waals surface area contributed by atoms with Crippen LogP contribution in [0.1, 0.15) is 78.5 Å². The van der Waals surface area contributed by atoms with Gasteiger partial charge in [-0.05, 0) is 99.8 Å². The summed E-state index contributed by atoms with van der Waals surface area (Å²) in [6, 6.07) is 13.2. The number of ether oxygens (including phenoxy) is 7. The predicted molar refractivity (Wildman–Crippen MR) is 252 cm³/mol. The lowest BCUT2D eigenvalue weighted by Crippen LogP contribution is -2.38. The fourth-order valence-electron chi connectivity index (χ4n) is 8.67. The number of fused-ring (bicyclic) bond motifs is 2. The fourth-order valence-corrected chi connectivity index (χ4v) is 8.67. The number of carbonyl (C=O) groups is 2. The minimum absolute atomic E-state index is 0. The third-order valence-electron chi connectivity index (χ3n) is 12.7. The highest BCUT2D eigenvalue weighted by molar-refractivity contribution is 6.03. The lowest BCUT2D eigenvalue weighted by atomic mass is 10.00. The quantitative estimate of drug-likeness (QED) is 0.0388. The number of likely N-dealkylation sites (tertiary alicyclic amines) is 1. The first-order valence-electron chi connectivity index (χ1n) is 23.6. The van der Waals surface area contributed by atoms with Crippen LogP contribution in [0.5, 0.6) is 34.5 Å². The first-order chi connectivity index (χ1) is 33.9. The number of pyridine rings is 2. The van der Waals surface area contributed by atoms with Crippen LogP contribution in [-0.2, 0) is 4.74 Å². The first kappa shape index (κ1) is 50.9. The van der Waals surface area contributed by atoms with E-state index in [0.717, 1.165) is 51.6 Å². The number of rotatable bonds is 22. The average Bonchev–Trinajstić information content (AvgIpc) is 4.30. The van der Waals surface area contributed by atoms with Gasteiger partial charge in [0.1, 0.15) is 82.3 Å². The standard InChI is InChI=1S/C28H33F2N3O5.C23H22F2N2O5.H2O/c1-36-24-12-19(13-25(38-28(29)30)27(24)23(35)11-18-5-6-18)22-15-31-26-14-21(7-10-33(22)26)37-17-20(34)16-32-8-3-2-4-9-32;1-29-19-7-14(8-20(32-23(24)25)22(19)18(28)6-13-2-3-13)17-10-26-21-9-15(4-5-27(17)21)30-11-16-12-31-16;/h7,10,12-15,18,20,28,34H,2-6,8-9,11,16-17H2,1H3;4-5,7-10,13,16,23H,2-3,6,11-12H2,1H3;1H2. The third kappa shape index (κ3) is 12.9. The fraction of sp³-hybridized carbons (Fsp3) is 0.451. The summed E-state index contributed by atoms with van der Waals surface area (Å²) in [6.45, 7) is -2.21. The third-order valence-corrected chi connectivity index (χ3v) is 12.7. The van der Waals surface area contributed by atoms with Gasteiger partial charge in [-0.15, -0.1) is 0 Å². The number of ketones is 2. The Morgan fingerprint density at radius 2 is 1.17 bits per heavy atom. The van der Waals surface area contributed by atoms with Crippen LogP contribution in [0.2, 0.25) is 0 Å². The van der Waals surface area contributed by atoms with Crippen LogP contribution in [-0.4, -0.2) is 125 Å². The van der Waals surface area contributed by atoms with Gasteiger partial charge in [0, 0.05) is 55.0 Å². The SMILES string of the molecule is COc1cc(-c2cnc3cc(OCC(O)CN4CCCCC4)ccn23)cc(OC(F)F)c1C(=O)CC1CC1.COc1cc(-c2cnc3cc(OCC4CO4)ccn23)cc(OC(F)F)c1C(=O)CC1CC1.O. The zero-order valence-electron chi connectivity index (χ0n) is 39.4. The Balaban J connectivity index is 0.000000190. The number of piperidine rings is 1. The van der Waals surface area contributed by atoms with Gasteiger partial charge in [0.2, 0.25) is 0 Å². The Kier molecular flexibility index (Phi) is 16.3. The molecule has 6 heterocycles. The zero-order valence-corrected chi connectivity index (χ0v) is 39.4. The highest BCUT2D eigenvalue weighted by atomic mass is 19.3. The van der Waals surface area contributed by atoms with Crippen molar-refractivity contribution in [2.45, 2.75) is 83.2 Å². The average molecular weight is 992 g/mol. The van der Waals surface area contributed by atoms with Crippen molar-refractivity contribution in [1.29, 1.82) is 0 Å². The molecule has 6 aromatic rings. The number of halogens is 4. The normalized spacial score (nSPS) is 17.1. The summed E-state index contributed by atoms with van der Waals surface area (Å²) in [4.78, 5) is 36.8. The maximum absolute atomic E-state index is 13.3. The van der Waals surface area contributed by atoms with Gasteiger partial charge in [-0.2, -0.15) is 17.6 Å². The van der Waals surface area contributed by atoms with Crippen molar-refractivity contribution in [2.24, 2.45) is 11.8 Å². The molecule has 0 bridgehead atoms. The van der Waals surface area contributed by atoms with Gasteiger partial charge in [0.05, 0.1) is 44.6 Å². The molecular weight excluding hydrogens is 935 g/mol. The molecule has 2 aromatic carbocycles. The van der Waals surface area contributed by atoms with Gasteiger partial charge in [0.15, 0.2) is 11.6 Å². The summed E-state index contributed by atoms with van der Waals surface area (Å²) in [5.41, 5.74) is 3.58. The van der Waals surface area contributed by atoms with Gasteiger partial charge >= 0.3 is 13.2 Å². The van der Waals surface area contributed by atoms with Crippen molar-refractivity contribution in [2.75, 3.05) is 53.7 Å². The minimum Gasteiger partial charge on any atom is -0.496 e. The molecule has 0 spiro atoms. The number of aromatic nitrogens is 4. The lowest BCUT2D eigenvalue weighted by molar-refractivity contribution is -0.0509. The number of imidazole rings is 2. The minimum atomic E-state index is -3.09. The zero-order chi connectivity index (χ0) is 48.9. The second-order valence-electron chi connectivity index (χ2n) is 18.1. The van der Waals surface area contributed by atoms with E-state index in [-0.39, 0.29) is 76.2 Å². The molecule has 0 amide bonds. The topological polar surface area (TPSA) is 192 Å². The summed E-state index contributed by atoms with van der Waals surface area (Å²) >= 11 is 0. The van der Waals surface area contributed by atoms with Gasteiger partial charge in [0.25, 0.3) is 0 Å². The number of alkyl halides is 4. The number of nitrogens with zero attached hydrogens (tertiary/aromatic N) is 5. The molecule has 2 unspecified atom stereocenters. The van der Waals surface area contributed by atoms with Gasteiger partial charge in [-0.25, -0.2) is 9.97 Å². The number of benzene rings is 2. The van der Waals surface area contributed by atoms with Crippen molar-refractivity contribution in [1.82, 2.24) is 23.7 Å². The van der Waals surface area contributed by atoms with Gasteiger partial charge in [-0.1, -0.05) is 6.42 Å². The van der Waals surface area contributed by atoms with E-state index >= 15 is 0 Å². The molecule has 3 N–H and O–H groups in total. The van der Waals surface area contributed by atoms with E-state index in [4.69, 9.17) is 33.2 Å². The van der Waals surface area contributed by atoms with Crippen LogP contribution in [0.25, 0.3) is 33.8 Å². The number of β-amino-alcohol motifs (C(OH)–C–C–N with tert-alkyl or cyclic N) is 1. The Morgan fingerprint density at radius 1 is 0.704 bits per heavy atom. The van der Waals surface area contributed by atoms with E-state index in [2.05, 4.69) is 14.9 Å². The van der Waals surface area contributed by atoms with E-state index < -0.39 is 19.3 Å². The highest BCUT2D eigenvalue weighted by Gasteiger charge is 2.32. The molecule has 2 aliphatic heterocycles. The molecule has 16 nitrogen and oxygen atoms in total. The van der Waals surface area contributed by atoms with E-state index in [1.165, 1.54) is 32.8 Å². The molecule has 380 valence electrons. The number of hydrogen-bond acceptors (Lipinski definition) is 13. The van der Waals surface area contributed by atoms with E-state index in [9.17, 15) is 32.3 Å². The number of aliphatic hydroxyl groups excluding tert-OH is 1. The summed E-state index contributed by atoms with van der Waals surface area (Å²) in [5.74, 6) is 1.25. The molecule has 10 rings (SSSR count). The monoisotopic (exact) mass is 991 g/mol. The number of aliphatic hydroxyl groups is 1. The van der Waals surface area contributed by atoms with Crippen molar-refractivity contribution in [3.05, 3.63) is 84.4 Å². The number of Topliss-reactive ketones (excluding diaryl/α,β-unsaturated/α-hetero) is 2. The first-order valence-corrected chi connectivity index (χ1v) is 23.6. The summed E-state index contributed by atoms with van der Waals surface area (Å²) in [6.07, 6.45) is 14.3. The molecule has 2 saturated carbocycles. The number of carbonyl (C=O) groups excluding carboxylic acids is 2. The van der Waals surface area contributed by atoms with Crippen LogP contribution in [0.3, 0.4) is 0 Å². The second kappa shape index (κ2) is 22.7. The molecule has 71 heavy (non-hydrogen) atoms. The van der Waals surface area contributed by atoms with Crippen LogP contribution in [0, 0.1) is 11.8 Å². The second-order valence-corrected chi connectivity index (χ2v) is 18.1. The van der Waals surface area contributed by atoms with E-state index in [0.29, 0.717) is 77.4 Å². The van der Waals surface area contributed by atoms with Crippen LogP contribution >= 0.6 is 0 Å². The molecular formula is C51H57F4N5O11. The lowest BCUT2D eigenvalue weighted by Gasteiger charge is -2.28. The predicted octanol–water partition coefficient (Wildman–Crippen LogP) is 8.37. The molecule has 4 aliphatic rings. The Morgan fingerprint density at radius 3 is 1.61 bits per heavy atom. The van der Waals surface area contributed by atoms with Crippen LogP contribution < -0.4 is 28.4 Å². The largest absolute Gasteiger partial charge is 0.496 e. The van der Waals surface area contributed by atoms with Crippen molar-refractivity contribution in [3.63, 3.8) is 0 Å². The van der Waals surface area contributed by atoms with E-state index in [1.54, 1.807) is 70.0 Å². The highest BCUT2D eigenvalue weighted by Crippen LogP contribution is 2.42. The van der Waals surface area contributed by atoms with Gasteiger partial charge in [-0.3, -0.25) is 18.4 Å². The Hall–Kier alpha value is -6.48. The number of epoxide rings is 1. The smallest absolute Gasteiger partial charge is 0.387 e. The molecule has 4 aromatic heterocycles. The maximum Gasteiger partial charge on any atom is 0.387 e. The van der Waals surface area contributed by atoms with Crippen molar-refractivity contribution < 1.29 is 70.9 Å². The molecule has 0 radical (unpaired) electrons. The number of methoxy groups -OCH3 is 2. The molecule has 2 saturated heterocycles. The summed E-state index contributed by atoms with van der Waals surface area (Å²) < 4.78 is 93.5. The Bertz CT molecular complexity index is 2810. The maximum atomic E-state index is 13.3. The molecule has 4 fully saturated rings. The van der Waals surface area contributed by atoms with Crippen LogP contribution in [0.4, 0.5) is 17.6 Å². The molecule has 20 heteroatoms.